The molecule has 0 radical (unpaired) electrons. The number of hydrogen-bond acceptors (Lipinski definition) is 11. The Hall–Kier alpha value is -1.78. The molecule has 0 amide bonds. The summed E-state index contributed by atoms with van der Waals surface area (Å²) in [5.74, 6) is 0. The largest absolute Gasteiger partial charge is 0.467 e. The van der Waals surface area contributed by atoms with Crippen LogP contribution in [0.5, 0.6) is 0 Å². The minimum absolute atomic E-state index is 1.75. The second-order valence-corrected chi connectivity index (χ2v) is 63.4. The molecule has 2 rings (SSSR count). The molecular formula is C46H90O11Si13. The Morgan fingerprint density at radius 3 is 0.500 bits per heavy atom. The van der Waals surface area contributed by atoms with Gasteiger partial charge in [0, 0.05) is 6.55 Å². The Balaban J connectivity index is 0. The van der Waals surface area contributed by atoms with Gasteiger partial charge in [-0.25, -0.2) is 0 Å². The maximum absolute atomic E-state index is 6.34. The van der Waals surface area contributed by atoms with Crippen molar-refractivity contribution < 1.29 is 45.3 Å². The zero-order valence-electron chi connectivity index (χ0n) is 45.5. The summed E-state index contributed by atoms with van der Waals surface area (Å²) in [6, 6.07) is 0. The van der Waals surface area contributed by atoms with Gasteiger partial charge in [0.1, 0.15) is 0 Å². The Labute approximate surface area is 440 Å². The molecule has 70 heavy (non-hydrogen) atoms. The van der Waals surface area contributed by atoms with Gasteiger partial charge in [0.25, 0.3) is 16.6 Å². The Kier molecular flexibility index (Phi) is 27.8. The standard InChI is InChI=1S/C13H30O3Si4.C12H24O4Si4.C12H18OSi2.C9H18O3Si3/c1-11-17(4,5)14-20(10,15-18(6,7)12-2)16-19(8,9)13-3;1-9-17(5)13-18(6,10-2)15-20(8,12-4)16-19(7,11-3)14-17;1-7-14(8-2,9-3)13-15(10-4,11-5)12-6;1-7-13(4)10-14(5,8-2)12-15(6,9-3)11-13/h11-13H,1-3H2,4-10H3;9-12H,1-4H2,5-8H3;7-12H,1-6H2;7-9H,1-3H2,4-6H3. The average Bonchev–Trinajstić information content (AvgIpc) is 3.29. The van der Waals surface area contributed by atoms with Crippen molar-refractivity contribution in [2.24, 2.45) is 0 Å². The minimum Gasteiger partial charge on any atom is -0.437 e. The molecule has 2 aliphatic rings. The van der Waals surface area contributed by atoms with E-state index in [1.54, 1.807) is 74.1 Å². The van der Waals surface area contributed by atoms with Crippen molar-refractivity contribution in [3.63, 3.8) is 0 Å². The third-order valence-corrected chi connectivity index (χ3v) is 58.8. The fourth-order valence-corrected chi connectivity index (χ4v) is 56.8. The first kappa shape index (κ1) is 70.3. The molecule has 0 spiro atoms. The molecule has 0 atom stereocenters. The van der Waals surface area contributed by atoms with E-state index in [0.29, 0.717) is 0 Å². The summed E-state index contributed by atoms with van der Waals surface area (Å²) in [6.45, 7) is 89.3. The lowest BCUT2D eigenvalue weighted by atomic mass is 11.2. The van der Waals surface area contributed by atoms with E-state index in [-0.39, 0.29) is 0 Å². The molecule has 24 heteroatoms. The van der Waals surface area contributed by atoms with Crippen molar-refractivity contribution in [1.29, 1.82) is 0 Å². The molecule has 2 heterocycles. The quantitative estimate of drug-likeness (QED) is 0.0864. The lowest BCUT2D eigenvalue weighted by Gasteiger charge is -2.46. The molecule has 392 valence electrons. The SMILES string of the molecule is C=C[Si](C)(C)O[Si](C)(O[Si](C)(C)C=C)O[Si](C)(C)C=C.C=C[Si](C=C)(C=C)O[Si](C=C)(C=C)C=C.C=C[Si]1(C)O[Si](C)(C=C)O[Si](C)(C=C)O1.C=C[Si]1(C)O[Si](C)(C=C)O[Si](C)(C=C)O[Si](C)(C=C)O1. The molecule has 0 saturated carbocycles. The van der Waals surface area contributed by atoms with Gasteiger partial charge >= 0.3 is 68.7 Å². The third-order valence-electron chi connectivity index (χ3n) is 10.5. The molecule has 2 saturated heterocycles. The zero-order valence-corrected chi connectivity index (χ0v) is 58.5. The highest BCUT2D eigenvalue weighted by Crippen LogP contribution is 2.34. The molecule has 0 aliphatic carbocycles. The molecule has 11 nitrogen and oxygen atoms in total. The van der Waals surface area contributed by atoms with E-state index in [9.17, 15) is 0 Å². The molecule has 0 aromatic carbocycles. The smallest absolute Gasteiger partial charge is 0.437 e. The predicted octanol–water partition coefficient (Wildman–Crippen LogP) is 13.3. The lowest BCUT2D eigenvalue weighted by Crippen LogP contribution is -2.65. The molecule has 2 aliphatic heterocycles. The zero-order chi connectivity index (χ0) is 55.6. The van der Waals surface area contributed by atoms with Gasteiger partial charge in [-0.1, -0.05) is 91.2 Å². The van der Waals surface area contributed by atoms with Crippen LogP contribution in [0.25, 0.3) is 0 Å². The maximum Gasteiger partial charge on any atom is 0.467 e. The van der Waals surface area contributed by atoms with Crippen LogP contribution in [0.3, 0.4) is 0 Å². The number of hydrogen-bond donors (Lipinski definition) is 0. The van der Waals surface area contributed by atoms with Crippen molar-refractivity contribution in [3.05, 3.63) is 196 Å². The topological polar surface area (TPSA) is 102 Å². The summed E-state index contributed by atoms with van der Waals surface area (Å²) in [4.78, 5) is 0. The van der Waals surface area contributed by atoms with E-state index in [4.69, 9.17) is 45.3 Å². The molecule has 0 aromatic rings. The Morgan fingerprint density at radius 1 is 0.257 bits per heavy atom. The summed E-state index contributed by atoms with van der Waals surface area (Å²) in [7, 11) is -30.6. The normalized spacial score (nSPS) is 29.3. The fourth-order valence-electron chi connectivity index (χ4n) is 6.22. The van der Waals surface area contributed by atoms with E-state index in [1.165, 1.54) is 0 Å². The van der Waals surface area contributed by atoms with Crippen LogP contribution in [0.15, 0.2) is 196 Å². The van der Waals surface area contributed by atoms with Crippen molar-refractivity contribution in [2.75, 3.05) is 0 Å². The molecule has 0 unspecified atom stereocenters. The van der Waals surface area contributed by atoms with Gasteiger partial charge in [0.05, 0.1) is 0 Å². The second-order valence-electron chi connectivity index (χ2n) is 18.9. The van der Waals surface area contributed by atoms with Gasteiger partial charge in [0.2, 0.25) is 25.0 Å². The minimum atomic E-state index is -2.75. The molecule has 0 bridgehead atoms. The summed E-state index contributed by atoms with van der Waals surface area (Å²) >= 11 is 0. The summed E-state index contributed by atoms with van der Waals surface area (Å²) < 4.78 is 67.9. The lowest BCUT2D eigenvalue weighted by molar-refractivity contribution is 0.248. The molecule has 0 N–H and O–H groups in total. The molecule has 2 fully saturated rings. The van der Waals surface area contributed by atoms with Gasteiger partial charge in [-0.15, -0.1) is 105 Å². The molecular weight excluding hydrogens is 1090 g/mol. The highest BCUT2D eigenvalue weighted by molar-refractivity contribution is 7.01. The Bertz CT molecular complexity index is 1700. The van der Waals surface area contributed by atoms with E-state index in [0.717, 1.165) is 0 Å². The second kappa shape index (κ2) is 27.7. The van der Waals surface area contributed by atoms with Crippen molar-refractivity contribution >= 4 is 110 Å². The van der Waals surface area contributed by atoms with Crippen LogP contribution in [-0.2, 0) is 45.3 Å². The molecule has 0 aromatic heterocycles. The first-order chi connectivity index (χ1) is 31.7. The Morgan fingerprint density at radius 2 is 0.400 bits per heavy atom. The van der Waals surface area contributed by atoms with Crippen molar-refractivity contribution in [2.45, 2.75) is 91.7 Å². The van der Waals surface area contributed by atoms with Gasteiger partial charge in [-0.3, -0.25) is 0 Å². The highest BCUT2D eigenvalue weighted by atomic mass is 28.5. The van der Waals surface area contributed by atoms with Crippen LogP contribution < -0.4 is 0 Å². The maximum atomic E-state index is 6.34. The monoisotopic (exact) mass is 1180 g/mol. The van der Waals surface area contributed by atoms with Gasteiger partial charge < -0.3 is 45.3 Å². The highest BCUT2D eigenvalue weighted by Gasteiger charge is 2.55. The third kappa shape index (κ3) is 22.4. The van der Waals surface area contributed by atoms with E-state index in [2.05, 4.69) is 145 Å². The van der Waals surface area contributed by atoms with Gasteiger partial charge in [0.15, 0.2) is 0 Å². The summed E-state index contributed by atoms with van der Waals surface area (Å²) in [5, 5.41) is 0. The first-order valence-electron chi connectivity index (χ1n) is 22.6. The first-order valence-corrected chi connectivity index (χ1v) is 54.9. The van der Waals surface area contributed by atoms with E-state index in [1.807, 2.05) is 69.5 Å². The summed E-state index contributed by atoms with van der Waals surface area (Å²) in [5.41, 5.74) is 28.8. The van der Waals surface area contributed by atoms with Crippen molar-refractivity contribution in [1.82, 2.24) is 0 Å². The van der Waals surface area contributed by atoms with E-state index < -0.39 is 110 Å². The van der Waals surface area contributed by atoms with Gasteiger partial charge in [-0.2, -0.15) is 0 Å². The van der Waals surface area contributed by atoms with E-state index >= 15 is 0 Å². The van der Waals surface area contributed by atoms with Crippen molar-refractivity contribution in [3.8, 4) is 0 Å². The summed E-state index contributed by atoms with van der Waals surface area (Å²) in [6.07, 6.45) is 0. The van der Waals surface area contributed by atoms with Crippen LogP contribution in [-0.4, -0.2) is 110 Å². The van der Waals surface area contributed by atoms with Crippen LogP contribution in [0.1, 0.15) is 0 Å². The average molecular weight is 1180 g/mol. The van der Waals surface area contributed by atoms with Crippen LogP contribution >= 0.6 is 0 Å². The fraction of sp³-hybridized carbons (Fsp3) is 0.304. The van der Waals surface area contributed by atoms with Crippen LogP contribution in [0.4, 0.5) is 0 Å². The van der Waals surface area contributed by atoms with Crippen LogP contribution in [0.2, 0.25) is 91.7 Å². The predicted molar refractivity (Wildman–Crippen MR) is 332 cm³/mol. The number of rotatable bonds is 24. The van der Waals surface area contributed by atoms with Gasteiger partial charge in [-0.05, 0) is 85.1 Å². The van der Waals surface area contributed by atoms with Crippen LogP contribution in [0, 0.1) is 0 Å².